The second-order valence-electron chi connectivity index (χ2n) is 12.4. The van der Waals surface area contributed by atoms with Gasteiger partial charge in [0.25, 0.3) is 5.91 Å². The molecule has 11 heteroatoms. The van der Waals surface area contributed by atoms with Gasteiger partial charge in [-0.25, -0.2) is 0 Å². The Hall–Kier alpha value is -3.73. The van der Waals surface area contributed by atoms with E-state index in [0.717, 1.165) is 57.2 Å². The highest BCUT2D eigenvalue weighted by Gasteiger charge is 2.35. The van der Waals surface area contributed by atoms with Crippen LogP contribution in [0.3, 0.4) is 0 Å². The Balaban J connectivity index is 1.51. The van der Waals surface area contributed by atoms with Crippen molar-refractivity contribution in [3.05, 3.63) is 47.8 Å². The number of rotatable bonds is 12. The number of nitrogens with zero attached hydrogens (tertiary/aromatic N) is 4. The standard InChI is InChI=1S/C34H51N7O4/c1-5-27(31(37-29(42)6-2)34(45)40-22-20-39(4)21-23-40)24-14-16-26(17-15-24)36-33(44)30(25-12-10-8-9-11-13-25)38-32(43)28-18-19-35-41(28)7-3/h14-19,25,27,30-31H,5-13,20-23H2,1-4H3,(H,36,44)(H,37,42)(H,38,43)/t27-,30-,31+/m0/s1. The minimum absolute atomic E-state index is 0.0433. The van der Waals surface area contributed by atoms with E-state index in [9.17, 15) is 19.2 Å². The highest BCUT2D eigenvalue weighted by Crippen LogP contribution is 2.29. The number of piperazine rings is 1. The number of amides is 4. The van der Waals surface area contributed by atoms with E-state index >= 15 is 0 Å². The van der Waals surface area contributed by atoms with Gasteiger partial charge in [-0.1, -0.05) is 51.7 Å². The molecule has 1 saturated carbocycles. The van der Waals surface area contributed by atoms with E-state index in [1.807, 2.05) is 50.1 Å². The Morgan fingerprint density at radius 1 is 0.889 bits per heavy atom. The summed E-state index contributed by atoms with van der Waals surface area (Å²) in [4.78, 5) is 57.3. The number of carbonyl (C=O) groups excluding carboxylic acids is 4. The maximum absolute atomic E-state index is 13.8. The van der Waals surface area contributed by atoms with Gasteiger partial charge in [0.2, 0.25) is 17.7 Å². The molecule has 246 valence electrons. The van der Waals surface area contributed by atoms with Crippen LogP contribution in [0.4, 0.5) is 5.69 Å². The molecule has 0 bridgehead atoms. The molecule has 1 aliphatic heterocycles. The molecule has 4 amide bonds. The van der Waals surface area contributed by atoms with Crippen LogP contribution < -0.4 is 16.0 Å². The predicted octanol–water partition coefficient (Wildman–Crippen LogP) is 3.77. The summed E-state index contributed by atoms with van der Waals surface area (Å²) in [5.74, 6) is -0.930. The molecule has 2 fully saturated rings. The second kappa shape index (κ2) is 16.5. The van der Waals surface area contributed by atoms with E-state index in [4.69, 9.17) is 0 Å². The topological polar surface area (TPSA) is 129 Å². The Labute approximate surface area is 267 Å². The van der Waals surface area contributed by atoms with Crippen LogP contribution in [0.5, 0.6) is 0 Å². The molecule has 3 atom stereocenters. The molecule has 1 aromatic carbocycles. The fraction of sp³-hybridized carbons (Fsp3) is 0.618. The van der Waals surface area contributed by atoms with Crippen molar-refractivity contribution < 1.29 is 19.2 Å². The minimum Gasteiger partial charge on any atom is -0.344 e. The molecular formula is C34H51N7O4. The largest absolute Gasteiger partial charge is 0.344 e. The van der Waals surface area contributed by atoms with E-state index in [-0.39, 0.29) is 35.5 Å². The third kappa shape index (κ3) is 8.93. The molecule has 0 unspecified atom stereocenters. The molecule has 45 heavy (non-hydrogen) atoms. The van der Waals surface area contributed by atoms with Crippen molar-refractivity contribution in [2.75, 3.05) is 38.5 Å². The SMILES string of the molecule is CCC(=O)N[C@@H](C(=O)N1CCN(C)CC1)[C@@H](CC)c1ccc(NC(=O)[C@@H](NC(=O)c2ccnn2CC)C2CCCCCC2)cc1. The molecule has 1 aromatic heterocycles. The summed E-state index contributed by atoms with van der Waals surface area (Å²) in [7, 11) is 2.04. The van der Waals surface area contributed by atoms with Gasteiger partial charge >= 0.3 is 0 Å². The zero-order valence-electron chi connectivity index (χ0n) is 27.4. The first-order chi connectivity index (χ1) is 21.7. The van der Waals surface area contributed by atoms with E-state index in [0.29, 0.717) is 43.9 Å². The number of aryl methyl sites for hydroxylation is 1. The Bertz CT molecular complexity index is 1280. The Morgan fingerprint density at radius 3 is 2.16 bits per heavy atom. The van der Waals surface area contributed by atoms with Gasteiger partial charge in [0.1, 0.15) is 17.8 Å². The van der Waals surface area contributed by atoms with Crippen LogP contribution in [0.2, 0.25) is 0 Å². The van der Waals surface area contributed by atoms with Crippen molar-refractivity contribution >= 4 is 29.3 Å². The number of hydrogen-bond donors (Lipinski definition) is 3. The molecule has 2 aromatic rings. The normalized spacial score (nSPS) is 18.4. The number of nitrogens with one attached hydrogen (secondary N) is 3. The van der Waals surface area contributed by atoms with E-state index < -0.39 is 12.1 Å². The number of benzene rings is 1. The lowest BCUT2D eigenvalue weighted by Crippen LogP contribution is -2.56. The van der Waals surface area contributed by atoms with Gasteiger partial charge in [-0.05, 0) is 62.9 Å². The van der Waals surface area contributed by atoms with Crippen LogP contribution >= 0.6 is 0 Å². The Kier molecular flexibility index (Phi) is 12.6. The maximum Gasteiger partial charge on any atom is 0.270 e. The quantitative estimate of drug-likeness (QED) is 0.310. The van der Waals surface area contributed by atoms with Gasteiger partial charge in [-0.3, -0.25) is 23.9 Å². The van der Waals surface area contributed by atoms with Crippen molar-refractivity contribution in [2.24, 2.45) is 5.92 Å². The molecule has 2 aliphatic rings. The van der Waals surface area contributed by atoms with Crippen LogP contribution in [0.25, 0.3) is 0 Å². The van der Waals surface area contributed by atoms with Crippen LogP contribution in [0.15, 0.2) is 36.5 Å². The summed E-state index contributed by atoms with van der Waals surface area (Å²) in [5, 5.41) is 13.3. The number of hydrogen-bond acceptors (Lipinski definition) is 6. The number of aromatic nitrogens is 2. The molecule has 1 aliphatic carbocycles. The number of likely N-dealkylation sites (N-methyl/N-ethyl adjacent to an activating group) is 1. The first kappa shape index (κ1) is 34.1. The fourth-order valence-electron chi connectivity index (χ4n) is 6.57. The minimum atomic E-state index is -0.672. The average Bonchev–Trinajstić information content (AvgIpc) is 3.38. The molecule has 0 radical (unpaired) electrons. The van der Waals surface area contributed by atoms with Crippen LogP contribution in [-0.2, 0) is 20.9 Å². The third-order valence-electron chi connectivity index (χ3n) is 9.36. The summed E-state index contributed by atoms with van der Waals surface area (Å²) in [6, 6.07) is 7.86. The Morgan fingerprint density at radius 2 is 1.56 bits per heavy atom. The van der Waals surface area contributed by atoms with E-state index in [2.05, 4.69) is 25.9 Å². The van der Waals surface area contributed by atoms with Gasteiger partial charge in [0, 0.05) is 56.9 Å². The maximum atomic E-state index is 13.8. The first-order valence-corrected chi connectivity index (χ1v) is 16.8. The van der Waals surface area contributed by atoms with Gasteiger partial charge in [0.05, 0.1) is 0 Å². The molecular weight excluding hydrogens is 570 g/mol. The van der Waals surface area contributed by atoms with Gasteiger partial charge in [-0.15, -0.1) is 0 Å². The summed E-state index contributed by atoms with van der Waals surface area (Å²) >= 11 is 0. The number of carbonyl (C=O) groups is 4. The number of anilines is 1. The zero-order valence-corrected chi connectivity index (χ0v) is 27.4. The lowest BCUT2D eigenvalue weighted by atomic mass is 9.87. The molecule has 11 nitrogen and oxygen atoms in total. The van der Waals surface area contributed by atoms with Gasteiger partial charge in [-0.2, -0.15) is 5.10 Å². The highest BCUT2D eigenvalue weighted by molar-refractivity contribution is 6.00. The van der Waals surface area contributed by atoms with Crippen molar-refractivity contribution in [1.82, 2.24) is 30.2 Å². The fourth-order valence-corrected chi connectivity index (χ4v) is 6.57. The highest BCUT2D eigenvalue weighted by atomic mass is 16.2. The lowest BCUT2D eigenvalue weighted by molar-refractivity contribution is -0.138. The van der Waals surface area contributed by atoms with E-state index in [1.165, 1.54) is 0 Å². The van der Waals surface area contributed by atoms with Crippen LogP contribution in [-0.4, -0.2) is 88.5 Å². The van der Waals surface area contributed by atoms with Crippen molar-refractivity contribution in [1.29, 1.82) is 0 Å². The lowest BCUT2D eigenvalue weighted by Gasteiger charge is -2.37. The monoisotopic (exact) mass is 621 g/mol. The summed E-state index contributed by atoms with van der Waals surface area (Å²) in [5.41, 5.74) is 1.97. The van der Waals surface area contributed by atoms with Crippen LogP contribution in [0.1, 0.15) is 94.1 Å². The molecule has 4 rings (SSSR count). The van der Waals surface area contributed by atoms with Crippen LogP contribution in [0, 0.1) is 5.92 Å². The smallest absolute Gasteiger partial charge is 0.270 e. The van der Waals surface area contributed by atoms with E-state index in [1.54, 1.807) is 23.9 Å². The van der Waals surface area contributed by atoms with Crippen molar-refractivity contribution in [3.63, 3.8) is 0 Å². The summed E-state index contributed by atoms with van der Waals surface area (Å²) in [6.07, 6.45) is 8.67. The average molecular weight is 622 g/mol. The summed E-state index contributed by atoms with van der Waals surface area (Å²) in [6.45, 7) is 9.16. The predicted molar refractivity (Wildman–Crippen MR) is 175 cm³/mol. The molecule has 3 N–H and O–H groups in total. The molecule has 0 spiro atoms. The zero-order chi connectivity index (χ0) is 32.3. The van der Waals surface area contributed by atoms with Crippen molar-refractivity contribution in [3.8, 4) is 0 Å². The van der Waals surface area contributed by atoms with Crippen molar-refractivity contribution in [2.45, 2.75) is 96.7 Å². The van der Waals surface area contributed by atoms with Gasteiger partial charge < -0.3 is 25.8 Å². The third-order valence-corrected chi connectivity index (χ3v) is 9.36. The molecule has 1 saturated heterocycles. The first-order valence-electron chi connectivity index (χ1n) is 16.8. The van der Waals surface area contributed by atoms with Gasteiger partial charge in [0.15, 0.2) is 0 Å². The summed E-state index contributed by atoms with van der Waals surface area (Å²) < 4.78 is 1.63. The second-order valence-corrected chi connectivity index (χ2v) is 12.4. The molecule has 2 heterocycles.